The van der Waals surface area contributed by atoms with Gasteiger partial charge in [-0.1, -0.05) is 6.92 Å². The lowest BCUT2D eigenvalue weighted by molar-refractivity contribution is 0.538. The van der Waals surface area contributed by atoms with Gasteiger partial charge in [-0.05, 0) is 38.8 Å². The van der Waals surface area contributed by atoms with E-state index in [9.17, 15) is 0 Å². The van der Waals surface area contributed by atoms with E-state index in [1.807, 2.05) is 0 Å². The summed E-state index contributed by atoms with van der Waals surface area (Å²) in [5.41, 5.74) is 2.59. The van der Waals surface area contributed by atoms with Crippen LogP contribution in [0, 0.1) is 0 Å². The maximum atomic E-state index is 4.57. The minimum atomic E-state index is 0.544. The van der Waals surface area contributed by atoms with Gasteiger partial charge in [-0.2, -0.15) is 5.10 Å². The maximum Gasteiger partial charge on any atom is 0.0625 e. The van der Waals surface area contributed by atoms with Gasteiger partial charge >= 0.3 is 0 Å². The highest BCUT2D eigenvalue weighted by Crippen LogP contribution is 2.23. The predicted molar refractivity (Wildman–Crippen MR) is 57.3 cm³/mol. The second-order valence-electron chi connectivity index (χ2n) is 3.88. The quantitative estimate of drug-likeness (QED) is 0.794. The van der Waals surface area contributed by atoms with Gasteiger partial charge < -0.3 is 5.32 Å². The Labute approximate surface area is 85.5 Å². The Morgan fingerprint density at radius 1 is 1.57 bits per heavy atom. The summed E-state index contributed by atoms with van der Waals surface area (Å²) in [5.74, 6) is 0. The van der Waals surface area contributed by atoms with Gasteiger partial charge in [0.05, 0.1) is 11.4 Å². The van der Waals surface area contributed by atoms with Crippen LogP contribution < -0.4 is 5.32 Å². The summed E-state index contributed by atoms with van der Waals surface area (Å²) in [7, 11) is 0. The molecule has 78 valence electrons. The minimum Gasteiger partial charge on any atom is -0.309 e. The fourth-order valence-electron chi connectivity index (χ4n) is 2.13. The van der Waals surface area contributed by atoms with E-state index in [2.05, 4.69) is 35.0 Å². The van der Waals surface area contributed by atoms with E-state index in [4.69, 9.17) is 0 Å². The number of rotatable bonds is 3. The van der Waals surface area contributed by atoms with Crippen LogP contribution in [0.25, 0.3) is 0 Å². The molecule has 0 radical (unpaired) electrons. The number of hydrogen-bond donors (Lipinski definition) is 1. The SMILES string of the molecule is CCc1cc(C2CCCN2)n(CC)n1. The van der Waals surface area contributed by atoms with E-state index >= 15 is 0 Å². The molecule has 2 rings (SSSR count). The smallest absolute Gasteiger partial charge is 0.0625 e. The molecule has 1 N–H and O–H groups in total. The van der Waals surface area contributed by atoms with Crippen LogP contribution in [0.3, 0.4) is 0 Å². The third kappa shape index (κ3) is 1.69. The van der Waals surface area contributed by atoms with E-state index in [1.165, 1.54) is 24.2 Å². The van der Waals surface area contributed by atoms with Gasteiger partial charge in [-0.15, -0.1) is 0 Å². The van der Waals surface area contributed by atoms with Crippen molar-refractivity contribution in [2.24, 2.45) is 0 Å². The molecule has 0 bridgehead atoms. The largest absolute Gasteiger partial charge is 0.309 e. The highest BCUT2D eigenvalue weighted by Gasteiger charge is 2.20. The molecule has 0 spiro atoms. The molecule has 3 heteroatoms. The first kappa shape index (κ1) is 9.71. The van der Waals surface area contributed by atoms with E-state index in [1.54, 1.807) is 0 Å². The molecule has 3 nitrogen and oxygen atoms in total. The van der Waals surface area contributed by atoms with Gasteiger partial charge in [0.2, 0.25) is 0 Å². The third-order valence-corrected chi connectivity index (χ3v) is 2.94. The first-order chi connectivity index (χ1) is 6.85. The summed E-state index contributed by atoms with van der Waals surface area (Å²) in [6.07, 6.45) is 3.59. The average Bonchev–Trinajstić information content (AvgIpc) is 2.85. The van der Waals surface area contributed by atoms with Crippen molar-refractivity contribution < 1.29 is 0 Å². The third-order valence-electron chi connectivity index (χ3n) is 2.94. The van der Waals surface area contributed by atoms with Crippen molar-refractivity contribution >= 4 is 0 Å². The number of nitrogens with one attached hydrogen (secondary N) is 1. The molecular weight excluding hydrogens is 174 g/mol. The lowest BCUT2D eigenvalue weighted by atomic mass is 10.1. The highest BCUT2D eigenvalue weighted by molar-refractivity contribution is 5.15. The minimum absolute atomic E-state index is 0.544. The Morgan fingerprint density at radius 3 is 3.00 bits per heavy atom. The van der Waals surface area contributed by atoms with E-state index in [0.29, 0.717) is 6.04 Å². The standard InChI is InChI=1S/C11H19N3/c1-3-9-8-11(14(4-2)13-9)10-6-5-7-12-10/h8,10,12H,3-7H2,1-2H3. The normalized spacial score (nSPS) is 21.7. The van der Waals surface area contributed by atoms with Gasteiger partial charge in [0.25, 0.3) is 0 Å². The molecule has 1 fully saturated rings. The summed E-state index contributed by atoms with van der Waals surface area (Å²) in [6.45, 7) is 6.45. The second-order valence-corrected chi connectivity index (χ2v) is 3.88. The van der Waals surface area contributed by atoms with E-state index < -0.39 is 0 Å². The van der Waals surface area contributed by atoms with Gasteiger partial charge in [0.15, 0.2) is 0 Å². The molecule has 0 aromatic carbocycles. The van der Waals surface area contributed by atoms with Crippen molar-refractivity contribution in [3.8, 4) is 0 Å². The average molecular weight is 193 g/mol. The number of hydrogen-bond acceptors (Lipinski definition) is 2. The van der Waals surface area contributed by atoms with Gasteiger partial charge in [-0.25, -0.2) is 0 Å². The summed E-state index contributed by atoms with van der Waals surface area (Å²) in [4.78, 5) is 0. The molecule has 1 aliphatic heterocycles. The first-order valence-electron chi connectivity index (χ1n) is 5.65. The molecule has 0 aliphatic carbocycles. The van der Waals surface area contributed by atoms with Crippen molar-refractivity contribution in [3.05, 3.63) is 17.5 Å². The highest BCUT2D eigenvalue weighted by atomic mass is 15.3. The van der Waals surface area contributed by atoms with Gasteiger partial charge in [-0.3, -0.25) is 4.68 Å². The van der Waals surface area contributed by atoms with Crippen molar-refractivity contribution in [3.63, 3.8) is 0 Å². The monoisotopic (exact) mass is 193 g/mol. The van der Waals surface area contributed by atoms with Crippen LogP contribution >= 0.6 is 0 Å². The van der Waals surface area contributed by atoms with Crippen LogP contribution in [-0.2, 0) is 13.0 Å². The Bertz CT molecular complexity index is 297. The molecule has 14 heavy (non-hydrogen) atoms. The van der Waals surface area contributed by atoms with Crippen LogP contribution in [0.5, 0.6) is 0 Å². The predicted octanol–water partition coefficient (Wildman–Crippen LogP) is 1.89. The molecule has 0 amide bonds. The zero-order valence-corrected chi connectivity index (χ0v) is 9.08. The van der Waals surface area contributed by atoms with Crippen LogP contribution in [0.1, 0.15) is 44.1 Å². The topological polar surface area (TPSA) is 29.9 Å². The van der Waals surface area contributed by atoms with Crippen molar-refractivity contribution in [1.29, 1.82) is 0 Å². The van der Waals surface area contributed by atoms with Crippen molar-refractivity contribution in [2.45, 2.75) is 45.7 Å². The first-order valence-corrected chi connectivity index (χ1v) is 5.65. The molecule has 1 aromatic rings. The van der Waals surface area contributed by atoms with E-state index in [-0.39, 0.29) is 0 Å². The van der Waals surface area contributed by atoms with Crippen LogP contribution in [0.15, 0.2) is 6.07 Å². The van der Waals surface area contributed by atoms with Crippen LogP contribution in [-0.4, -0.2) is 16.3 Å². The number of aryl methyl sites for hydroxylation is 2. The van der Waals surface area contributed by atoms with Crippen LogP contribution in [0.4, 0.5) is 0 Å². The molecule has 1 unspecified atom stereocenters. The summed E-state index contributed by atoms with van der Waals surface area (Å²) in [6, 6.07) is 2.80. The fourth-order valence-corrected chi connectivity index (χ4v) is 2.13. The molecular formula is C11H19N3. The van der Waals surface area contributed by atoms with Crippen molar-refractivity contribution in [1.82, 2.24) is 15.1 Å². The molecule has 1 saturated heterocycles. The zero-order valence-electron chi connectivity index (χ0n) is 9.08. The lowest BCUT2D eigenvalue weighted by Gasteiger charge is -2.11. The molecule has 0 saturated carbocycles. The Kier molecular flexibility index (Phi) is 2.87. The Balaban J connectivity index is 2.25. The summed E-state index contributed by atoms with van der Waals surface area (Å²) in [5, 5.41) is 8.09. The molecule has 1 aliphatic rings. The second kappa shape index (κ2) is 4.13. The lowest BCUT2D eigenvalue weighted by Crippen LogP contribution is -2.17. The maximum absolute atomic E-state index is 4.57. The number of aromatic nitrogens is 2. The molecule has 1 atom stereocenters. The fraction of sp³-hybridized carbons (Fsp3) is 0.727. The Morgan fingerprint density at radius 2 is 2.43 bits per heavy atom. The number of nitrogens with zero attached hydrogens (tertiary/aromatic N) is 2. The summed E-state index contributed by atoms with van der Waals surface area (Å²) < 4.78 is 2.14. The molecule has 1 aromatic heterocycles. The Hall–Kier alpha value is -0.830. The van der Waals surface area contributed by atoms with Gasteiger partial charge in [0.1, 0.15) is 0 Å². The van der Waals surface area contributed by atoms with E-state index in [0.717, 1.165) is 19.5 Å². The van der Waals surface area contributed by atoms with Crippen LogP contribution in [0.2, 0.25) is 0 Å². The van der Waals surface area contributed by atoms with Crippen molar-refractivity contribution in [2.75, 3.05) is 6.54 Å². The van der Waals surface area contributed by atoms with Gasteiger partial charge in [0, 0.05) is 12.6 Å². The zero-order chi connectivity index (χ0) is 9.97. The molecule has 2 heterocycles. The summed E-state index contributed by atoms with van der Waals surface area (Å²) >= 11 is 0.